The van der Waals surface area contributed by atoms with Crippen LogP contribution in [-0.2, 0) is 9.53 Å². The van der Waals surface area contributed by atoms with Gasteiger partial charge in [0.25, 0.3) is 0 Å². The van der Waals surface area contributed by atoms with Gasteiger partial charge in [0, 0.05) is 18.7 Å². The summed E-state index contributed by atoms with van der Waals surface area (Å²) in [5, 5.41) is 0. The molecule has 0 saturated heterocycles. The van der Waals surface area contributed by atoms with Crippen molar-refractivity contribution in [3.8, 4) is 0 Å². The zero-order valence-corrected chi connectivity index (χ0v) is 9.74. The Morgan fingerprint density at radius 1 is 1.47 bits per heavy atom. The quantitative estimate of drug-likeness (QED) is 0.476. The highest BCUT2D eigenvalue weighted by Gasteiger charge is 2.27. The highest BCUT2D eigenvalue weighted by molar-refractivity contribution is 5.81. The Hall–Kier alpha value is -0.830. The first kappa shape index (κ1) is 12.2. The second-order valence-corrected chi connectivity index (χ2v) is 3.88. The first-order chi connectivity index (χ1) is 7.27. The number of carbonyl (C=O) groups excluding carboxylic acids is 1. The van der Waals surface area contributed by atoms with Crippen molar-refractivity contribution in [2.75, 3.05) is 19.7 Å². The Bertz CT molecular complexity index is 222. The van der Waals surface area contributed by atoms with Crippen LogP contribution in [0, 0.1) is 0 Å². The number of rotatable bonds is 7. The minimum atomic E-state index is -0.232. The molecular weight excluding hydrogens is 190 g/mol. The van der Waals surface area contributed by atoms with Crippen LogP contribution in [0.5, 0.6) is 0 Å². The predicted molar refractivity (Wildman–Crippen MR) is 60.7 cm³/mol. The normalized spacial score (nSPS) is 16.2. The summed E-state index contributed by atoms with van der Waals surface area (Å²) < 4.78 is 4.82. The van der Waals surface area contributed by atoms with E-state index in [1.807, 2.05) is 13.0 Å². The summed E-state index contributed by atoms with van der Waals surface area (Å²) in [6, 6.07) is 0.761. The van der Waals surface area contributed by atoms with Crippen LogP contribution in [0.2, 0.25) is 0 Å². The second-order valence-electron chi connectivity index (χ2n) is 3.88. The molecule has 0 atom stereocenters. The van der Waals surface area contributed by atoms with Crippen LogP contribution in [0.1, 0.15) is 33.1 Å². The van der Waals surface area contributed by atoms with Gasteiger partial charge in [0.15, 0.2) is 0 Å². The average molecular weight is 211 g/mol. The molecule has 0 spiro atoms. The van der Waals surface area contributed by atoms with Crippen LogP contribution in [0.15, 0.2) is 12.2 Å². The minimum absolute atomic E-state index is 0.232. The van der Waals surface area contributed by atoms with E-state index in [2.05, 4.69) is 11.8 Å². The summed E-state index contributed by atoms with van der Waals surface area (Å²) in [6.07, 6.45) is 7.24. The number of esters is 1. The molecule has 1 rings (SSSR count). The number of carbonyl (C=O) groups is 1. The average Bonchev–Trinajstić information content (AvgIpc) is 3.00. The molecule has 1 aliphatic rings. The third-order valence-electron chi connectivity index (χ3n) is 2.45. The van der Waals surface area contributed by atoms with Crippen LogP contribution in [0.3, 0.4) is 0 Å². The SMILES string of the molecule is CCCN(C/C=C/C(=O)OCC)C1CC1. The van der Waals surface area contributed by atoms with Crippen LogP contribution in [0.25, 0.3) is 0 Å². The molecule has 0 aromatic heterocycles. The lowest BCUT2D eigenvalue weighted by Gasteiger charge is -2.18. The van der Waals surface area contributed by atoms with Gasteiger partial charge in [0.1, 0.15) is 0 Å². The van der Waals surface area contributed by atoms with Crippen molar-refractivity contribution in [2.24, 2.45) is 0 Å². The molecule has 0 amide bonds. The highest BCUT2D eigenvalue weighted by atomic mass is 16.5. The molecule has 0 bridgehead atoms. The van der Waals surface area contributed by atoms with Gasteiger partial charge >= 0.3 is 5.97 Å². The first-order valence-electron chi connectivity index (χ1n) is 5.85. The molecule has 1 aliphatic carbocycles. The topological polar surface area (TPSA) is 29.5 Å². The van der Waals surface area contributed by atoms with Crippen molar-refractivity contribution in [3.63, 3.8) is 0 Å². The predicted octanol–water partition coefficient (Wildman–Crippen LogP) is 1.98. The van der Waals surface area contributed by atoms with Crippen molar-refractivity contribution in [3.05, 3.63) is 12.2 Å². The van der Waals surface area contributed by atoms with Gasteiger partial charge in [-0.2, -0.15) is 0 Å². The molecule has 1 saturated carbocycles. The Morgan fingerprint density at radius 3 is 2.73 bits per heavy atom. The Balaban J connectivity index is 2.22. The van der Waals surface area contributed by atoms with Crippen LogP contribution >= 0.6 is 0 Å². The van der Waals surface area contributed by atoms with Gasteiger partial charge in [-0.1, -0.05) is 13.0 Å². The summed E-state index contributed by atoms with van der Waals surface area (Å²) in [7, 11) is 0. The molecular formula is C12H21NO2. The van der Waals surface area contributed by atoms with Gasteiger partial charge in [0.2, 0.25) is 0 Å². The van der Waals surface area contributed by atoms with E-state index in [-0.39, 0.29) is 5.97 Å². The third kappa shape index (κ3) is 4.98. The molecule has 15 heavy (non-hydrogen) atoms. The molecule has 0 unspecified atom stereocenters. The summed E-state index contributed by atoms with van der Waals surface area (Å²) >= 11 is 0. The molecule has 0 aromatic rings. The monoisotopic (exact) mass is 211 g/mol. The smallest absolute Gasteiger partial charge is 0.330 e. The maximum Gasteiger partial charge on any atom is 0.330 e. The largest absolute Gasteiger partial charge is 0.463 e. The molecule has 1 fully saturated rings. The van der Waals surface area contributed by atoms with Gasteiger partial charge in [-0.15, -0.1) is 0 Å². The van der Waals surface area contributed by atoms with Gasteiger partial charge < -0.3 is 4.74 Å². The molecule has 0 N–H and O–H groups in total. The third-order valence-corrected chi connectivity index (χ3v) is 2.45. The maximum atomic E-state index is 11.0. The van der Waals surface area contributed by atoms with Gasteiger partial charge in [-0.25, -0.2) is 4.79 Å². The summed E-state index contributed by atoms with van der Waals surface area (Å²) in [5.74, 6) is -0.232. The molecule has 0 radical (unpaired) electrons. The van der Waals surface area contributed by atoms with Gasteiger partial charge in [-0.3, -0.25) is 4.90 Å². The molecule has 3 heteroatoms. The van der Waals surface area contributed by atoms with Crippen molar-refractivity contribution in [1.82, 2.24) is 4.90 Å². The van der Waals surface area contributed by atoms with E-state index in [4.69, 9.17) is 4.74 Å². The number of nitrogens with zero attached hydrogens (tertiary/aromatic N) is 1. The second kappa shape index (κ2) is 6.62. The van der Waals surface area contributed by atoms with E-state index in [9.17, 15) is 4.79 Å². The van der Waals surface area contributed by atoms with Crippen molar-refractivity contribution in [2.45, 2.75) is 39.2 Å². The van der Waals surface area contributed by atoms with E-state index in [1.165, 1.54) is 25.3 Å². The molecule has 3 nitrogen and oxygen atoms in total. The summed E-state index contributed by atoms with van der Waals surface area (Å²) in [4.78, 5) is 13.5. The molecule has 86 valence electrons. The lowest BCUT2D eigenvalue weighted by molar-refractivity contribution is -0.137. The summed E-state index contributed by atoms with van der Waals surface area (Å²) in [5.41, 5.74) is 0. The van der Waals surface area contributed by atoms with Crippen molar-refractivity contribution >= 4 is 5.97 Å². The van der Waals surface area contributed by atoms with E-state index >= 15 is 0 Å². The van der Waals surface area contributed by atoms with E-state index in [0.29, 0.717) is 6.61 Å². The van der Waals surface area contributed by atoms with Crippen LogP contribution < -0.4 is 0 Å². The minimum Gasteiger partial charge on any atom is -0.463 e. The fourth-order valence-corrected chi connectivity index (χ4v) is 1.62. The van der Waals surface area contributed by atoms with Crippen molar-refractivity contribution in [1.29, 1.82) is 0 Å². The van der Waals surface area contributed by atoms with Crippen LogP contribution in [0.4, 0.5) is 0 Å². The van der Waals surface area contributed by atoms with Gasteiger partial charge in [-0.05, 0) is 32.7 Å². The maximum absolute atomic E-state index is 11.0. The highest BCUT2D eigenvalue weighted by Crippen LogP contribution is 2.26. The fraction of sp³-hybridized carbons (Fsp3) is 0.750. The van der Waals surface area contributed by atoms with E-state index in [0.717, 1.165) is 19.1 Å². The fourth-order valence-electron chi connectivity index (χ4n) is 1.62. The Morgan fingerprint density at radius 2 is 2.20 bits per heavy atom. The van der Waals surface area contributed by atoms with E-state index in [1.54, 1.807) is 0 Å². The van der Waals surface area contributed by atoms with Crippen LogP contribution in [-0.4, -0.2) is 36.6 Å². The Kier molecular flexibility index (Phi) is 5.40. The Labute approximate surface area is 92.1 Å². The number of hydrogen-bond donors (Lipinski definition) is 0. The molecule has 0 heterocycles. The molecule has 0 aromatic carbocycles. The molecule has 0 aliphatic heterocycles. The summed E-state index contributed by atoms with van der Waals surface area (Å²) in [6.45, 7) is 6.45. The lowest BCUT2D eigenvalue weighted by atomic mass is 10.3. The van der Waals surface area contributed by atoms with Gasteiger partial charge in [0.05, 0.1) is 6.61 Å². The van der Waals surface area contributed by atoms with Crippen molar-refractivity contribution < 1.29 is 9.53 Å². The lowest BCUT2D eigenvalue weighted by Crippen LogP contribution is -2.27. The first-order valence-corrected chi connectivity index (χ1v) is 5.85. The number of hydrogen-bond acceptors (Lipinski definition) is 3. The van der Waals surface area contributed by atoms with E-state index < -0.39 is 0 Å². The zero-order chi connectivity index (χ0) is 11.1. The number of ether oxygens (including phenoxy) is 1. The zero-order valence-electron chi connectivity index (χ0n) is 9.74. The standard InChI is InChI=1S/C12H21NO2/c1-3-9-13(11-7-8-11)10-5-6-12(14)15-4-2/h5-6,11H,3-4,7-10H2,1-2H3/b6-5+.